The molecule has 1 amide bonds. The number of pyridine rings is 1. The van der Waals surface area contributed by atoms with E-state index in [4.69, 9.17) is 5.73 Å². The zero-order valence-electron chi connectivity index (χ0n) is 12.6. The molecule has 0 saturated heterocycles. The number of hydrogen-bond donors (Lipinski definition) is 2. The molecule has 2 aromatic heterocycles. The van der Waals surface area contributed by atoms with E-state index in [1.54, 1.807) is 17.4 Å². The van der Waals surface area contributed by atoms with Crippen molar-refractivity contribution in [3.8, 4) is 0 Å². The summed E-state index contributed by atoms with van der Waals surface area (Å²) in [5.41, 5.74) is 8.30. The fourth-order valence-electron chi connectivity index (χ4n) is 1.92. The van der Waals surface area contributed by atoms with Gasteiger partial charge in [-0.3, -0.25) is 4.79 Å². The molecule has 2 rings (SSSR count). The minimum atomic E-state index is -0.138. The monoisotopic (exact) mass is 303 g/mol. The lowest BCUT2D eigenvalue weighted by Crippen LogP contribution is -2.26. The van der Waals surface area contributed by atoms with Gasteiger partial charge in [-0.1, -0.05) is 20.8 Å². The van der Waals surface area contributed by atoms with Gasteiger partial charge in [-0.05, 0) is 40.9 Å². The number of nitrogens with one attached hydrogen (secondary N) is 1. The van der Waals surface area contributed by atoms with Crippen molar-refractivity contribution in [1.82, 2.24) is 10.3 Å². The van der Waals surface area contributed by atoms with Crippen LogP contribution < -0.4 is 11.1 Å². The SMILES string of the molecule is CC(C)(C)c1cc(C(=O)NCCc2ccsc2)cc(N)n1. The average Bonchev–Trinajstić information content (AvgIpc) is 2.90. The molecule has 2 heterocycles. The first-order valence-corrected chi connectivity index (χ1v) is 7.88. The summed E-state index contributed by atoms with van der Waals surface area (Å²) >= 11 is 1.66. The Hall–Kier alpha value is -1.88. The van der Waals surface area contributed by atoms with Gasteiger partial charge in [0.25, 0.3) is 5.91 Å². The summed E-state index contributed by atoms with van der Waals surface area (Å²) in [4.78, 5) is 16.5. The standard InChI is InChI=1S/C16H21N3OS/c1-16(2,3)13-8-12(9-14(17)19-13)15(20)18-6-4-11-5-7-21-10-11/h5,7-10H,4,6H2,1-3H3,(H2,17,19)(H,18,20). The second kappa shape index (κ2) is 6.26. The third-order valence-corrected chi connectivity index (χ3v) is 3.89. The lowest BCUT2D eigenvalue weighted by Gasteiger charge is -2.19. The van der Waals surface area contributed by atoms with E-state index < -0.39 is 0 Å². The average molecular weight is 303 g/mol. The van der Waals surface area contributed by atoms with Crippen molar-refractivity contribution in [2.75, 3.05) is 12.3 Å². The highest BCUT2D eigenvalue weighted by Crippen LogP contribution is 2.22. The van der Waals surface area contributed by atoms with Gasteiger partial charge >= 0.3 is 0 Å². The first-order valence-electron chi connectivity index (χ1n) is 6.93. The summed E-state index contributed by atoms with van der Waals surface area (Å²) in [7, 11) is 0. The predicted octanol–water partition coefficient (Wildman–Crippen LogP) is 3.00. The molecule has 3 N–H and O–H groups in total. The fraction of sp³-hybridized carbons (Fsp3) is 0.375. The maximum absolute atomic E-state index is 12.2. The molecule has 0 unspecified atom stereocenters. The Bertz CT molecular complexity index is 615. The van der Waals surface area contributed by atoms with Crippen molar-refractivity contribution >= 4 is 23.1 Å². The topological polar surface area (TPSA) is 68.0 Å². The molecular formula is C16H21N3OS. The predicted molar refractivity (Wildman–Crippen MR) is 87.7 cm³/mol. The molecule has 0 aliphatic carbocycles. The number of rotatable bonds is 4. The van der Waals surface area contributed by atoms with E-state index >= 15 is 0 Å². The number of amides is 1. The maximum Gasteiger partial charge on any atom is 0.251 e. The van der Waals surface area contributed by atoms with Crippen molar-refractivity contribution in [2.24, 2.45) is 0 Å². The number of carbonyl (C=O) groups excluding carboxylic acids is 1. The summed E-state index contributed by atoms with van der Waals surface area (Å²) in [6.07, 6.45) is 0.835. The van der Waals surface area contributed by atoms with E-state index in [1.807, 2.05) is 32.2 Å². The fourth-order valence-corrected chi connectivity index (χ4v) is 2.63. The zero-order chi connectivity index (χ0) is 15.5. The molecule has 0 atom stereocenters. The highest BCUT2D eigenvalue weighted by Gasteiger charge is 2.18. The molecule has 0 aliphatic rings. The molecule has 0 bridgehead atoms. The van der Waals surface area contributed by atoms with Crippen LogP contribution in [0.1, 0.15) is 42.4 Å². The van der Waals surface area contributed by atoms with Crippen molar-refractivity contribution in [3.63, 3.8) is 0 Å². The van der Waals surface area contributed by atoms with Crippen LogP contribution in [0.5, 0.6) is 0 Å². The quantitative estimate of drug-likeness (QED) is 0.912. The van der Waals surface area contributed by atoms with Gasteiger partial charge in [-0.15, -0.1) is 0 Å². The van der Waals surface area contributed by atoms with E-state index in [1.165, 1.54) is 5.56 Å². The molecule has 4 nitrogen and oxygen atoms in total. The Morgan fingerprint density at radius 2 is 2.14 bits per heavy atom. The van der Waals surface area contributed by atoms with Crippen molar-refractivity contribution in [1.29, 1.82) is 0 Å². The summed E-state index contributed by atoms with van der Waals surface area (Å²) in [5, 5.41) is 7.06. The van der Waals surface area contributed by atoms with Gasteiger partial charge in [0.05, 0.1) is 0 Å². The van der Waals surface area contributed by atoms with Gasteiger partial charge in [0.2, 0.25) is 0 Å². The summed E-state index contributed by atoms with van der Waals surface area (Å²) in [6, 6.07) is 5.50. The smallest absolute Gasteiger partial charge is 0.251 e. The Morgan fingerprint density at radius 3 is 2.76 bits per heavy atom. The van der Waals surface area contributed by atoms with Crippen LogP contribution in [0.15, 0.2) is 29.0 Å². The summed E-state index contributed by atoms with van der Waals surface area (Å²) < 4.78 is 0. The number of aromatic nitrogens is 1. The normalized spacial score (nSPS) is 11.4. The number of nitrogen functional groups attached to an aromatic ring is 1. The van der Waals surface area contributed by atoms with Crippen LogP contribution in [0.4, 0.5) is 5.82 Å². The number of anilines is 1. The maximum atomic E-state index is 12.2. The van der Waals surface area contributed by atoms with Crippen LogP contribution in [0.3, 0.4) is 0 Å². The molecule has 2 aromatic rings. The van der Waals surface area contributed by atoms with Crippen molar-refractivity contribution in [3.05, 3.63) is 45.8 Å². The number of carbonyl (C=O) groups is 1. The molecule has 0 spiro atoms. The summed E-state index contributed by atoms with van der Waals surface area (Å²) in [6.45, 7) is 6.76. The van der Waals surface area contributed by atoms with E-state index in [0.717, 1.165) is 12.1 Å². The Kier molecular flexibility index (Phi) is 4.63. The lowest BCUT2D eigenvalue weighted by molar-refractivity contribution is 0.0954. The first kappa shape index (κ1) is 15.5. The first-order chi connectivity index (χ1) is 9.86. The Balaban J connectivity index is 2.03. The van der Waals surface area contributed by atoms with Crippen molar-refractivity contribution < 1.29 is 4.79 Å². The van der Waals surface area contributed by atoms with E-state index in [9.17, 15) is 4.79 Å². The molecule has 5 heteroatoms. The third kappa shape index (κ3) is 4.29. The second-order valence-electron chi connectivity index (χ2n) is 6.05. The third-order valence-electron chi connectivity index (χ3n) is 3.16. The minimum absolute atomic E-state index is 0.107. The van der Waals surface area contributed by atoms with Gasteiger partial charge in [-0.2, -0.15) is 11.3 Å². The van der Waals surface area contributed by atoms with Crippen LogP contribution in [-0.4, -0.2) is 17.4 Å². The summed E-state index contributed by atoms with van der Waals surface area (Å²) in [5.74, 6) is 0.273. The molecule has 0 radical (unpaired) electrons. The van der Waals surface area contributed by atoms with Crippen molar-refractivity contribution in [2.45, 2.75) is 32.6 Å². The Morgan fingerprint density at radius 1 is 1.38 bits per heavy atom. The van der Waals surface area contributed by atoms with E-state index in [0.29, 0.717) is 17.9 Å². The Labute approximate surface area is 129 Å². The van der Waals surface area contributed by atoms with Gasteiger partial charge < -0.3 is 11.1 Å². The van der Waals surface area contributed by atoms with Crippen LogP contribution in [0.25, 0.3) is 0 Å². The largest absolute Gasteiger partial charge is 0.384 e. The zero-order valence-corrected chi connectivity index (χ0v) is 13.5. The highest BCUT2D eigenvalue weighted by molar-refractivity contribution is 7.07. The molecule has 0 aliphatic heterocycles. The number of nitrogens with zero attached hydrogens (tertiary/aromatic N) is 1. The minimum Gasteiger partial charge on any atom is -0.384 e. The van der Waals surface area contributed by atoms with Gasteiger partial charge in [-0.25, -0.2) is 4.98 Å². The van der Waals surface area contributed by atoms with Gasteiger partial charge in [0, 0.05) is 23.2 Å². The van der Waals surface area contributed by atoms with Crippen LogP contribution in [0.2, 0.25) is 0 Å². The number of hydrogen-bond acceptors (Lipinski definition) is 4. The highest BCUT2D eigenvalue weighted by atomic mass is 32.1. The molecule has 112 valence electrons. The van der Waals surface area contributed by atoms with Gasteiger partial charge in [0.1, 0.15) is 5.82 Å². The lowest BCUT2D eigenvalue weighted by atomic mass is 9.90. The van der Waals surface area contributed by atoms with Crippen LogP contribution in [0, 0.1) is 0 Å². The van der Waals surface area contributed by atoms with Crippen LogP contribution >= 0.6 is 11.3 Å². The number of thiophene rings is 1. The molecule has 21 heavy (non-hydrogen) atoms. The molecule has 0 fully saturated rings. The number of nitrogens with two attached hydrogens (primary N) is 1. The van der Waals surface area contributed by atoms with Gasteiger partial charge in [0.15, 0.2) is 0 Å². The molecular weight excluding hydrogens is 282 g/mol. The molecule has 0 saturated carbocycles. The molecule has 0 aromatic carbocycles. The van der Waals surface area contributed by atoms with E-state index in [-0.39, 0.29) is 11.3 Å². The second-order valence-corrected chi connectivity index (χ2v) is 6.83. The van der Waals surface area contributed by atoms with Crippen LogP contribution in [-0.2, 0) is 11.8 Å². The van der Waals surface area contributed by atoms with E-state index in [2.05, 4.69) is 21.7 Å².